The minimum atomic E-state index is -0.0932. The van der Waals surface area contributed by atoms with E-state index < -0.39 is 0 Å². The van der Waals surface area contributed by atoms with Gasteiger partial charge in [-0.15, -0.1) is 0 Å². The highest BCUT2D eigenvalue weighted by atomic mass is 127. The van der Waals surface area contributed by atoms with Crippen LogP contribution >= 0.6 is 34.2 Å². The van der Waals surface area contributed by atoms with Crippen molar-refractivity contribution in [1.29, 1.82) is 0 Å². The fourth-order valence-corrected chi connectivity index (χ4v) is 1.90. The second-order valence-electron chi connectivity index (χ2n) is 2.36. The number of rotatable bonds is 0. The molecule has 0 saturated heterocycles. The van der Waals surface area contributed by atoms with Crippen molar-refractivity contribution in [1.82, 2.24) is 15.8 Å². The third kappa shape index (κ3) is 1.34. The first-order chi connectivity index (χ1) is 5.27. The molecule has 0 aliphatic carbocycles. The molecule has 0 aromatic heterocycles. The summed E-state index contributed by atoms with van der Waals surface area (Å²) in [5.74, 6) is 0. The van der Waals surface area contributed by atoms with Crippen LogP contribution < -0.4 is 10.7 Å². The molecule has 2 aliphatic rings. The number of alkyl halides is 1. The summed E-state index contributed by atoms with van der Waals surface area (Å²) in [6.45, 7) is 0. The van der Waals surface area contributed by atoms with Gasteiger partial charge in [0.2, 0.25) is 0 Å². The van der Waals surface area contributed by atoms with Crippen molar-refractivity contribution >= 4 is 34.2 Å². The molecular weight excluding hydrogens is 276 g/mol. The Kier molecular flexibility index (Phi) is 1.98. The van der Waals surface area contributed by atoms with Crippen molar-refractivity contribution in [3.05, 3.63) is 22.1 Å². The van der Waals surface area contributed by atoms with Crippen LogP contribution in [0, 0.1) is 0 Å². The van der Waals surface area contributed by atoms with Crippen LogP contribution in [0.4, 0.5) is 0 Å². The SMILES string of the molecule is ClC1C=CC2NC=C(I)N2N1. The quantitative estimate of drug-likeness (QED) is 0.302. The molecule has 0 spiro atoms. The molecule has 60 valence electrons. The van der Waals surface area contributed by atoms with Gasteiger partial charge in [0, 0.05) is 6.20 Å². The Morgan fingerprint density at radius 3 is 3.18 bits per heavy atom. The van der Waals surface area contributed by atoms with E-state index in [1.807, 2.05) is 23.4 Å². The largest absolute Gasteiger partial charge is 0.365 e. The lowest BCUT2D eigenvalue weighted by Gasteiger charge is -2.30. The summed E-state index contributed by atoms with van der Waals surface area (Å²) < 4.78 is 1.13. The van der Waals surface area contributed by atoms with Crippen molar-refractivity contribution in [2.75, 3.05) is 0 Å². The van der Waals surface area contributed by atoms with Gasteiger partial charge in [-0.1, -0.05) is 17.7 Å². The zero-order chi connectivity index (χ0) is 7.84. The first-order valence-corrected chi connectivity index (χ1v) is 4.78. The predicted octanol–water partition coefficient (Wildman–Crippen LogP) is 1.09. The smallest absolute Gasteiger partial charge is 0.133 e. The molecule has 2 aliphatic heterocycles. The van der Waals surface area contributed by atoms with E-state index in [4.69, 9.17) is 11.6 Å². The van der Waals surface area contributed by atoms with Gasteiger partial charge in [0.1, 0.15) is 15.4 Å². The molecule has 3 nitrogen and oxygen atoms in total. The highest BCUT2D eigenvalue weighted by Crippen LogP contribution is 2.22. The number of hydrogen-bond acceptors (Lipinski definition) is 3. The van der Waals surface area contributed by atoms with E-state index in [0.29, 0.717) is 0 Å². The number of nitrogens with zero attached hydrogens (tertiary/aromatic N) is 1. The fourth-order valence-electron chi connectivity index (χ4n) is 1.09. The van der Waals surface area contributed by atoms with Gasteiger partial charge in [-0.05, 0) is 28.7 Å². The van der Waals surface area contributed by atoms with Crippen molar-refractivity contribution in [3.8, 4) is 0 Å². The number of hydrazine groups is 1. The van der Waals surface area contributed by atoms with Crippen LogP contribution in [0.15, 0.2) is 22.1 Å². The number of halogens is 2. The van der Waals surface area contributed by atoms with Crippen LogP contribution in [0.1, 0.15) is 0 Å². The first kappa shape index (κ1) is 7.70. The highest BCUT2D eigenvalue weighted by Gasteiger charge is 2.26. The zero-order valence-electron chi connectivity index (χ0n) is 5.59. The van der Waals surface area contributed by atoms with E-state index in [1.54, 1.807) is 0 Å². The van der Waals surface area contributed by atoms with Crippen LogP contribution in [-0.2, 0) is 0 Å². The summed E-state index contributed by atoms with van der Waals surface area (Å²) in [4.78, 5) is 0. The Hall–Kier alpha value is 0.0600. The van der Waals surface area contributed by atoms with Crippen molar-refractivity contribution in [2.45, 2.75) is 11.7 Å². The Morgan fingerprint density at radius 2 is 2.36 bits per heavy atom. The Labute approximate surface area is 83.6 Å². The minimum absolute atomic E-state index is 0.0932. The second kappa shape index (κ2) is 2.84. The number of hydrogen-bond donors (Lipinski definition) is 2. The minimum Gasteiger partial charge on any atom is -0.365 e. The van der Waals surface area contributed by atoms with E-state index in [2.05, 4.69) is 33.3 Å². The van der Waals surface area contributed by atoms with E-state index in [9.17, 15) is 0 Å². The van der Waals surface area contributed by atoms with Gasteiger partial charge < -0.3 is 5.32 Å². The van der Waals surface area contributed by atoms with Crippen molar-refractivity contribution in [3.63, 3.8) is 0 Å². The Balaban J connectivity index is 2.18. The van der Waals surface area contributed by atoms with Crippen LogP contribution in [-0.4, -0.2) is 16.7 Å². The van der Waals surface area contributed by atoms with E-state index in [0.717, 1.165) is 3.70 Å². The summed E-state index contributed by atoms with van der Waals surface area (Å²) in [7, 11) is 0. The molecule has 0 fully saturated rings. The average molecular weight is 283 g/mol. The van der Waals surface area contributed by atoms with Gasteiger partial charge in [0.25, 0.3) is 0 Å². The molecule has 0 aromatic carbocycles. The van der Waals surface area contributed by atoms with Crippen LogP contribution in [0.5, 0.6) is 0 Å². The normalized spacial score (nSPS) is 34.7. The lowest BCUT2D eigenvalue weighted by Crippen LogP contribution is -2.49. The van der Waals surface area contributed by atoms with Gasteiger partial charge in [0.05, 0.1) is 0 Å². The summed E-state index contributed by atoms with van der Waals surface area (Å²) in [5, 5.41) is 5.18. The maximum atomic E-state index is 5.85. The lowest BCUT2D eigenvalue weighted by atomic mass is 10.3. The molecule has 5 heteroatoms. The predicted molar refractivity (Wildman–Crippen MR) is 52.8 cm³/mol. The van der Waals surface area contributed by atoms with E-state index >= 15 is 0 Å². The fraction of sp³-hybridized carbons (Fsp3) is 0.333. The van der Waals surface area contributed by atoms with Crippen molar-refractivity contribution < 1.29 is 0 Å². The van der Waals surface area contributed by atoms with Gasteiger partial charge in [-0.25, -0.2) is 5.43 Å². The zero-order valence-corrected chi connectivity index (χ0v) is 8.50. The van der Waals surface area contributed by atoms with Crippen LogP contribution in [0.2, 0.25) is 0 Å². The molecule has 0 aromatic rings. The monoisotopic (exact) mass is 283 g/mol. The molecule has 2 N–H and O–H groups in total. The molecule has 0 radical (unpaired) electrons. The molecule has 2 atom stereocenters. The summed E-state index contributed by atoms with van der Waals surface area (Å²) in [5.41, 5.74) is 3.01. The molecular formula is C6H7ClIN3. The third-order valence-electron chi connectivity index (χ3n) is 1.61. The molecule has 0 saturated carbocycles. The summed E-state index contributed by atoms with van der Waals surface area (Å²) >= 11 is 8.10. The maximum absolute atomic E-state index is 5.85. The van der Waals surface area contributed by atoms with E-state index in [-0.39, 0.29) is 11.7 Å². The molecule has 2 rings (SSSR count). The lowest BCUT2D eigenvalue weighted by molar-refractivity contribution is 0.219. The highest BCUT2D eigenvalue weighted by molar-refractivity contribution is 14.1. The van der Waals surface area contributed by atoms with Crippen LogP contribution in [0.3, 0.4) is 0 Å². The first-order valence-electron chi connectivity index (χ1n) is 3.27. The second-order valence-corrected chi connectivity index (χ2v) is 3.94. The Bertz CT molecular complexity index is 228. The van der Waals surface area contributed by atoms with Gasteiger partial charge in [-0.2, -0.15) is 0 Å². The molecule has 11 heavy (non-hydrogen) atoms. The molecule has 2 unspecified atom stereocenters. The van der Waals surface area contributed by atoms with Gasteiger partial charge in [0.15, 0.2) is 0 Å². The number of fused-ring (bicyclic) bond motifs is 1. The average Bonchev–Trinajstić information content (AvgIpc) is 2.33. The summed E-state index contributed by atoms with van der Waals surface area (Å²) in [6.07, 6.45) is 6.16. The molecule has 0 amide bonds. The van der Waals surface area contributed by atoms with Gasteiger partial charge in [-0.3, -0.25) is 5.01 Å². The molecule has 0 bridgehead atoms. The Morgan fingerprint density at radius 1 is 1.55 bits per heavy atom. The van der Waals surface area contributed by atoms with Crippen LogP contribution in [0.25, 0.3) is 0 Å². The molecule has 2 heterocycles. The third-order valence-corrected chi connectivity index (χ3v) is 2.68. The maximum Gasteiger partial charge on any atom is 0.133 e. The van der Waals surface area contributed by atoms with Crippen molar-refractivity contribution in [2.24, 2.45) is 0 Å². The van der Waals surface area contributed by atoms with Gasteiger partial charge >= 0.3 is 0 Å². The standard InChI is InChI=1S/C6H7ClIN3/c7-4-1-2-6-9-3-5(8)11(6)10-4/h1-4,6,9-10H. The van der Waals surface area contributed by atoms with E-state index in [1.165, 1.54) is 0 Å². The number of nitrogens with one attached hydrogen (secondary N) is 2. The topological polar surface area (TPSA) is 27.3 Å². The summed E-state index contributed by atoms with van der Waals surface area (Å²) in [6, 6.07) is 0.